The van der Waals surface area contributed by atoms with E-state index in [0.29, 0.717) is 17.7 Å². The van der Waals surface area contributed by atoms with Crippen molar-refractivity contribution >= 4 is 5.78 Å². The first-order chi connectivity index (χ1) is 8.72. The Hall–Kier alpha value is -2.09. The first-order valence-corrected chi connectivity index (χ1v) is 5.90. The number of Topliss-reactive ketones (excluding diaryl/α,β-unsaturated/α-hetero) is 1. The number of carbonyl (C=O) groups excluding carboxylic acids is 1. The number of carbonyl (C=O) groups is 1. The zero-order valence-corrected chi connectivity index (χ0v) is 10.8. The summed E-state index contributed by atoms with van der Waals surface area (Å²) in [6.45, 7) is 7.79. The van der Waals surface area contributed by atoms with Gasteiger partial charge < -0.3 is 4.74 Å². The number of ether oxygens (including phenoxy) is 1. The highest BCUT2D eigenvalue weighted by molar-refractivity contribution is 6.10. The molecule has 0 unspecified atom stereocenters. The maximum atomic E-state index is 12.1. The summed E-state index contributed by atoms with van der Waals surface area (Å²) in [5.74, 6) is 0.755. The topological polar surface area (TPSA) is 26.3 Å². The molecule has 94 valence electrons. The van der Waals surface area contributed by atoms with Crippen molar-refractivity contribution in [2.45, 2.75) is 13.8 Å². The van der Waals surface area contributed by atoms with E-state index < -0.39 is 0 Å². The van der Waals surface area contributed by atoms with Crippen LogP contribution >= 0.6 is 0 Å². The fourth-order valence-electron chi connectivity index (χ4n) is 1.51. The van der Waals surface area contributed by atoms with Crippen LogP contribution in [0.1, 0.15) is 24.2 Å². The van der Waals surface area contributed by atoms with Crippen LogP contribution < -0.4 is 4.74 Å². The molecule has 0 aromatic heterocycles. The zero-order chi connectivity index (χ0) is 13.4. The van der Waals surface area contributed by atoms with Gasteiger partial charge in [0.05, 0.1) is 0 Å². The maximum absolute atomic E-state index is 12.1. The number of ketones is 1. The van der Waals surface area contributed by atoms with Crippen LogP contribution in [0.25, 0.3) is 0 Å². The number of benzene rings is 1. The van der Waals surface area contributed by atoms with Crippen LogP contribution in [0.3, 0.4) is 0 Å². The summed E-state index contributed by atoms with van der Waals surface area (Å²) >= 11 is 0. The highest BCUT2D eigenvalue weighted by Crippen LogP contribution is 2.15. The van der Waals surface area contributed by atoms with Crippen molar-refractivity contribution in [1.29, 1.82) is 0 Å². The molecule has 0 aliphatic rings. The monoisotopic (exact) mass is 242 g/mol. The third-order valence-electron chi connectivity index (χ3n) is 2.40. The van der Waals surface area contributed by atoms with Gasteiger partial charge in [-0.2, -0.15) is 0 Å². The van der Waals surface area contributed by atoms with Gasteiger partial charge in [0.2, 0.25) is 0 Å². The minimum absolute atomic E-state index is 0.0193. The van der Waals surface area contributed by atoms with Crippen LogP contribution in [0, 0.1) is 0 Å². The molecule has 0 aliphatic carbocycles. The molecule has 0 radical (unpaired) electrons. The predicted octanol–water partition coefficient (Wildman–Crippen LogP) is 3.96. The van der Waals surface area contributed by atoms with E-state index in [-0.39, 0.29) is 5.78 Å². The lowest BCUT2D eigenvalue weighted by Gasteiger charge is -2.05. The largest absolute Gasteiger partial charge is 0.490 e. The second-order valence-corrected chi connectivity index (χ2v) is 3.70. The van der Waals surface area contributed by atoms with Crippen LogP contribution in [0.4, 0.5) is 0 Å². The van der Waals surface area contributed by atoms with Gasteiger partial charge in [-0.25, -0.2) is 0 Å². The molecule has 0 N–H and O–H groups in total. The van der Waals surface area contributed by atoms with Crippen molar-refractivity contribution < 1.29 is 9.53 Å². The van der Waals surface area contributed by atoms with Crippen molar-refractivity contribution in [3.63, 3.8) is 0 Å². The Kier molecular flexibility index (Phi) is 5.65. The van der Waals surface area contributed by atoms with Gasteiger partial charge in [-0.05, 0) is 38.1 Å². The lowest BCUT2D eigenvalue weighted by Crippen LogP contribution is -2.01. The number of rotatable bonds is 6. The molecule has 0 saturated carbocycles. The molecule has 2 heteroatoms. The molecule has 0 bridgehead atoms. The first kappa shape index (κ1) is 14.0. The second-order valence-electron chi connectivity index (χ2n) is 3.70. The van der Waals surface area contributed by atoms with E-state index >= 15 is 0 Å². The molecule has 0 aliphatic heterocycles. The van der Waals surface area contributed by atoms with Crippen molar-refractivity contribution in [1.82, 2.24) is 0 Å². The molecule has 1 rings (SSSR count). The minimum atomic E-state index is 0.0193. The molecule has 1 aromatic carbocycles. The zero-order valence-electron chi connectivity index (χ0n) is 10.8. The van der Waals surface area contributed by atoms with Crippen molar-refractivity contribution in [3.8, 4) is 5.75 Å². The Bertz CT molecular complexity index is 464. The summed E-state index contributed by atoms with van der Waals surface area (Å²) in [5, 5.41) is 0. The van der Waals surface area contributed by atoms with Gasteiger partial charge in [0.15, 0.2) is 5.78 Å². The summed E-state index contributed by atoms with van der Waals surface area (Å²) in [7, 11) is 0. The molecule has 0 amide bonds. The van der Waals surface area contributed by atoms with Crippen LogP contribution in [0.5, 0.6) is 5.75 Å². The number of hydrogen-bond donors (Lipinski definition) is 0. The molecular formula is C16H18O2. The smallest absolute Gasteiger partial charge is 0.192 e. The summed E-state index contributed by atoms with van der Waals surface area (Å²) in [6, 6.07) is 7.13. The average molecular weight is 242 g/mol. The summed E-state index contributed by atoms with van der Waals surface area (Å²) < 4.78 is 5.37. The van der Waals surface area contributed by atoms with Crippen molar-refractivity contribution in [3.05, 3.63) is 66.3 Å². The van der Waals surface area contributed by atoms with E-state index in [1.807, 2.05) is 32.1 Å². The third kappa shape index (κ3) is 3.74. The van der Waals surface area contributed by atoms with E-state index in [0.717, 1.165) is 5.75 Å². The molecule has 0 saturated heterocycles. The fourth-order valence-corrected chi connectivity index (χ4v) is 1.51. The lowest BCUT2D eigenvalue weighted by molar-refractivity contribution is 0.103. The van der Waals surface area contributed by atoms with Crippen molar-refractivity contribution in [2.24, 2.45) is 0 Å². The van der Waals surface area contributed by atoms with E-state index in [1.54, 1.807) is 30.3 Å². The standard InChI is InChI=1S/C16H18O2/c1-4-7-13(6-3)16(17)14-8-10-15(11-9-14)18-12-5-2/h4-11H,2,12H2,1,3H3/b7-4-,13-6+. The number of hydrogen-bond acceptors (Lipinski definition) is 2. The van der Waals surface area contributed by atoms with Crippen LogP contribution in [0.15, 0.2) is 60.7 Å². The van der Waals surface area contributed by atoms with Crippen LogP contribution in [-0.2, 0) is 0 Å². The molecule has 0 fully saturated rings. The van der Waals surface area contributed by atoms with E-state index in [2.05, 4.69) is 6.58 Å². The van der Waals surface area contributed by atoms with Gasteiger partial charge in [0.25, 0.3) is 0 Å². The quantitative estimate of drug-likeness (QED) is 0.327. The van der Waals surface area contributed by atoms with Crippen LogP contribution in [-0.4, -0.2) is 12.4 Å². The Morgan fingerprint density at radius 1 is 1.28 bits per heavy atom. The molecule has 0 atom stereocenters. The summed E-state index contributed by atoms with van der Waals surface area (Å²) in [6.07, 6.45) is 7.16. The molecule has 2 nitrogen and oxygen atoms in total. The highest BCUT2D eigenvalue weighted by Gasteiger charge is 2.08. The molecule has 18 heavy (non-hydrogen) atoms. The van der Waals surface area contributed by atoms with Crippen LogP contribution in [0.2, 0.25) is 0 Å². The summed E-state index contributed by atoms with van der Waals surface area (Å²) in [5.41, 5.74) is 1.35. The molecule has 0 spiro atoms. The highest BCUT2D eigenvalue weighted by atomic mass is 16.5. The van der Waals surface area contributed by atoms with Gasteiger partial charge >= 0.3 is 0 Å². The second kappa shape index (κ2) is 7.28. The summed E-state index contributed by atoms with van der Waals surface area (Å²) in [4.78, 5) is 12.1. The Morgan fingerprint density at radius 3 is 2.44 bits per heavy atom. The van der Waals surface area contributed by atoms with E-state index in [4.69, 9.17) is 4.74 Å². The van der Waals surface area contributed by atoms with E-state index in [1.165, 1.54) is 0 Å². The normalized spacial score (nSPS) is 11.6. The Balaban J connectivity index is 2.84. The van der Waals surface area contributed by atoms with Gasteiger partial charge in [-0.1, -0.05) is 30.9 Å². The molecule has 0 heterocycles. The van der Waals surface area contributed by atoms with Gasteiger partial charge in [0.1, 0.15) is 12.4 Å². The first-order valence-electron chi connectivity index (χ1n) is 5.90. The van der Waals surface area contributed by atoms with E-state index in [9.17, 15) is 4.79 Å². The van der Waals surface area contributed by atoms with Gasteiger partial charge in [-0.3, -0.25) is 4.79 Å². The third-order valence-corrected chi connectivity index (χ3v) is 2.40. The lowest BCUT2D eigenvalue weighted by atomic mass is 10.0. The molecule has 1 aromatic rings. The van der Waals surface area contributed by atoms with Gasteiger partial charge in [-0.15, -0.1) is 0 Å². The Morgan fingerprint density at radius 2 is 1.94 bits per heavy atom. The predicted molar refractivity (Wildman–Crippen MR) is 75.0 cm³/mol. The SMILES string of the molecule is C=CCOc1ccc(C(=O)C(/C=C\C)=C/C)cc1. The number of allylic oxidation sites excluding steroid dienone is 4. The fraction of sp³-hybridized carbons (Fsp3) is 0.188. The van der Waals surface area contributed by atoms with Gasteiger partial charge in [0, 0.05) is 11.1 Å². The van der Waals surface area contributed by atoms with Crippen molar-refractivity contribution in [2.75, 3.05) is 6.61 Å². The molecular weight excluding hydrogens is 224 g/mol. The Labute approximate surface area is 108 Å². The minimum Gasteiger partial charge on any atom is -0.490 e. The maximum Gasteiger partial charge on any atom is 0.192 e. The average Bonchev–Trinajstić information content (AvgIpc) is 2.42.